The molecule has 4 N–H and O–H groups in total. The summed E-state index contributed by atoms with van der Waals surface area (Å²) in [7, 11) is 0. The zero-order valence-electron chi connectivity index (χ0n) is 34.0. The minimum Gasteiger partial charge on any atom is -0.480 e. The van der Waals surface area contributed by atoms with Crippen LogP contribution in [-0.4, -0.2) is 107 Å². The number of carboxylic acid groups (broad SMARTS) is 1. The van der Waals surface area contributed by atoms with E-state index in [1.165, 1.54) is 66.8 Å². The predicted octanol–water partition coefficient (Wildman–Crippen LogP) is 7.01. The van der Waals surface area contributed by atoms with Gasteiger partial charge in [-0.25, -0.2) is 0 Å². The van der Waals surface area contributed by atoms with E-state index in [9.17, 15) is 33.9 Å². The van der Waals surface area contributed by atoms with Crippen LogP contribution in [0.4, 0.5) is 11.4 Å². The SMILES string of the molecule is C.C.C1CCNCC1.O=C(CN1C(=O)C(C(=O)N2CCCCC2)Sc2ccccc21)NC1CCCCC1.O=C(CN1C(=O)C(C(=O)O)Sc2ccccc21)NC1CCCCC1. The van der Waals surface area contributed by atoms with Gasteiger partial charge in [-0.3, -0.25) is 28.8 Å². The van der Waals surface area contributed by atoms with Gasteiger partial charge in [0.1, 0.15) is 13.1 Å². The number of nitrogens with zero attached hydrogens (tertiary/aromatic N) is 3. The summed E-state index contributed by atoms with van der Waals surface area (Å²) in [5, 5.41) is 16.6. The Kier molecular flexibility index (Phi) is 20.4. The van der Waals surface area contributed by atoms with Gasteiger partial charge < -0.3 is 35.8 Å². The number of fused-ring (bicyclic) bond motifs is 2. The van der Waals surface area contributed by atoms with Crippen LogP contribution in [0.2, 0.25) is 0 Å². The van der Waals surface area contributed by atoms with Crippen molar-refractivity contribution >= 4 is 70.4 Å². The van der Waals surface area contributed by atoms with Crippen LogP contribution in [-0.2, 0) is 28.8 Å². The number of hydrogen-bond donors (Lipinski definition) is 4. The standard InChI is InChI=1S/C22H29N3O3S.C17H20N2O4S.C5H11N.2CH4/c26-19(23-16-9-3-1-4-10-16)15-25-17-11-5-6-12-18(17)29-20(22(25)28)21(27)24-13-7-2-8-14-24;20-14(18-11-6-2-1-3-7-11)10-19-12-8-4-5-9-13(12)24-15(16(19)21)17(22)23;1-2-4-6-5-3-1;;/h5-6,11-12,16,20H,1-4,7-10,13-15H2,(H,23,26);4-5,8-9,11,15H,1-3,6-7,10H2,(H,18,20)(H,22,23);6H,1-5H2;2*1H4. The van der Waals surface area contributed by atoms with Crippen LogP contribution in [0.15, 0.2) is 58.3 Å². The number of rotatable bonds is 8. The number of carboxylic acids is 1. The highest BCUT2D eigenvalue weighted by Gasteiger charge is 2.42. The highest BCUT2D eigenvalue weighted by atomic mass is 32.2. The third-order valence-electron chi connectivity index (χ3n) is 11.6. The van der Waals surface area contributed by atoms with Gasteiger partial charge in [0.05, 0.1) is 11.4 Å². The van der Waals surface area contributed by atoms with Crippen LogP contribution in [0.25, 0.3) is 0 Å². The van der Waals surface area contributed by atoms with Crippen molar-refractivity contribution in [3.63, 3.8) is 0 Å². The summed E-state index contributed by atoms with van der Waals surface area (Å²) in [6.45, 7) is 3.76. The molecule has 2 aliphatic carbocycles. The Labute approximate surface area is 371 Å². The molecule has 0 aromatic heterocycles. The van der Waals surface area contributed by atoms with Crippen LogP contribution < -0.4 is 25.8 Å². The monoisotopic (exact) mass is 880 g/mol. The Bertz CT molecular complexity index is 1760. The van der Waals surface area contributed by atoms with E-state index in [1.807, 2.05) is 29.2 Å². The lowest BCUT2D eigenvalue weighted by molar-refractivity contribution is -0.140. The van der Waals surface area contributed by atoms with Gasteiger partial charge in [-0.2, -0.15) is 0 Å². The van der Waals surface area contributed by atoms with E-state index in [2.05, 4.69) is 16.0 Å². The zero-order chi connectivity index (χ0) is 41.6. The quantitative estimate of drug-likeness (QED) is 0.203. The normalized spacial score (nSPS) is 21.6. The molecule has 0 radical (unpaired) electrons. The molecule has 2 aromatic rings. The molecule has 2 atom stereocenters. The molecule has 8 rings (SSSR count). The molecule has 0 bridgehead atoms. The van der Waals surface area contributed by atoms with Crippen LogP contribution in [0.1, 0.15) is 118 Å². The van der Waals surface area contributed by atoms with Crippen molar-refractivity contribution in [1.29, 1.82) is 0 Å². The Balaban J connectivity index is 0.000000232. The third-order valence-corrected chi connectivity index (χ3v) is 14.1. The van der Waals surface area contributed by atoms with Crippen LogP contribution in [0.5, 0.6) is 0 Å². The molecule has 4 aliphatic heterocycles. The molecule has 4 heterocycles. The molecule has 4 fully saturated rings. The van der Waals surface area contributed by atoms with Crippen molar-refractivity contribution in [3.8, 4) is 0 Å². The molecule has 6 aliphatic rings. The minimum absolute atomic E-state index is 0. The fourth-order valence-corrected chi connectivity index (χ4v) is 10.7. The Hall–Kier alpha value is -4.08. The molecule has 2 aromatic carbocycles. The number of benzene rings is 2. The highest BCUT2D eigenvalue weighted by Crippen LogP contribution is 2.41. The Morgan fingerprint density at radius 1 is 0.590 bits per heavy atom. The summed E-state index contributed by atoms with van der Waals surface area (Å²) in [5.41, 5.74) is 1.33. The molecule has 0 spiro atoms. The van der Waals surface area contributed by atoms with Crippen molar-refractivity contribution in [2.45, 2.75) is 150 Å². The maximum Gasteiger partial charge on any atom is 0.326 e. The smallest absolute Gasteiger partial charge is 0.326 e. The number of anilines is 2. The van der Waals surface area contributed by atoms with Crippen LogP contribution in [0.3, 0.4) is 0 Å². The molecule has 61 heavy (non-hydrogen) atoms. The zero-order valence-corrected chi connectivity index (χ0v) is 35.7. The lowest BCUT2D eigenvalue weighted by Gasteiger charge is -2.36. The summed E-state index contributed by atoms with van der Waals surface area (Å²) < 4.78 is 0. The molecule has 2 unspecified atom stereocenters. The number of thioether (sulfide) groups is 2. The lowest BCUT2D eigenvalue weighted by atomic mass is 9.95. The summed E-state index contributed by atoms with van der Waals surface area (Å²) in [6.07, 6.45) is 18.2. The molecule has 13 nitrogen and oxygen atoms in total. The van der Waals surface area contributed by atoms with Crippen LogP contribution in [0, 0.1) is 0 Å². The molecule has 336 valence electrons. The van der Waals surface area contributed by atoms with Crippen molar-refractivity contribution < 1.29 is 33.9 Å². The van der Waals surface area contributed by atoms with E-state index in [4.69, 9.17) is 0 Å². The number of nitrogens with one attached hydrogen (secondary N) is 3. The second kappa shape index (κ2) is 25.1. The summed E-state index contributed by atoms with van der Waals surface area (Å²) in [6, 6.07) is 15.0. The molecule has 5 amide bonds. The van der Waals surface area contributed by atoms with Gasteiger partial charge in [-0.05, 0) is 95.1 Å². The number of likely N-dealkylation sites (tertiary alicyclic amines) is 1. The average Bonchev–Trinajstić information content (AvgIpc) is 3.27. The van der Waals surface area contributed by atoms with Gasteiger partial charge in [0.15, 0.2) is 10.5 Å². The van der Waals surface area contributed by atoms with Gasteiger partial charge in [0, 0.05) is 35.0 Å². The van der Waals surface area contributed by atoms with E-state index in [1.54, 1.807) is 24.3 Å². The second-order valence-corrected chi connectivity index (χ2v) is 18.4. The van der Waals surface area contributed by atoms with E-state index >= 15 is 0 Å². The van der Waals surface area contributed by atoms with E-state index in [-0.39, 0.29) is 63.7 Å². The maximum atomic E-state index is 13.3. The van der Waals surface area contributed by atoms with Gasteiger partial charge in [-0.1, -0.05) is 95.8 Å². The molecule has 2 saturated heterocycles. The first-order valence-electron chi connectivity index (χ1n) is 21.6. The fourth-order valence-electron chi connectivity index (χ4n) is 8.48. The molecule has 15 heteroatoms. The number of hydrogen-bond acceptors (Lipinski definition) is 9. The topological polar surface area (TPSA) is 168 Å². The first-order valence-corrected chi connectivity index (χ1v) is 23.4. The summed E-state index contributed by atoms with van der Waals surface area (Å²) in [5.74, 6) is -2.51. The molecular formula is C46H68N6O7S2. The highest BCUT2D eigenvalue weighted by molar-refractivity contribution is 8.02. The van der Waals surface area contributed by atoms with Crippen molar-refractivity contribution in [3.05, 3.63) is 48.5 Å². The molecule has 2 saturated carbocycles. The maximum absolute atomic E-state index is 13.3. The predicted molar refractivity (Wildman–Crippen MR) is 245 cm³/mol. The van der Waals surface area contributed by atoms with Gasteiger partial charge in [0.25, 0.3) is 11.8 Å². The molecular weight excluding hydrogens is 813 g/mol. The summed E-state index contributed by atoms with van der Waals surface area (Å²) >= 11 is 2.34. The van der Waals surface area contributed by atoms with Crippen molar-refractivity contribution in [1.82, 2.24) is 20.9 Å². The van der Waals surface area contributed by atoms with E-state index in [0.717, 1.165) is 93.0 Å². The number of piperidine rings is 2. The summed E-state index contributed by atoms with van der Waals surface area (Å²) in [4.78, 5) is 81.5. The van der Waals surface area contributed by atoms with Crippen LogP contribution >= 0.6 is 23.5 Å². The average molecular weight is 881 g/mol. The number of carbonyl (C=O) groups is 6. The van der Waals surface area contributed by atoms with Gasteiger partial charge >= 0.3 is 5.97 Å². The van der Waals surface area contributed by atoms with E-state index < -0.39 is 22.4 Å². The Morgan fingerprint density at radius 2 is 1.00 bits per heavy atom. The van der Waals surface area contributed by atoms with Crippen molar-refractivity contribution in [2.75, 3.05) is 49.1 Å². The fraction of sp³-hybridized carbons (Fsp3) is 0.609. The van der Waals surface area contributed by atoms with Crippen molar-refractivity contribution in [2.24, 2.45) is 0 Å². The number of aliphatic carboxylic acids is 1. The first-order chi connectivity index (χ1) is 28.7. The largest absolute Gasteiger partial charge is 0.480 e. The minimum atomic E-state index is -1.21. The number of para-hydroxylation sites is 2. The third kappa shape index (κ3) is 14.0. The lowest BCUT2D eigenvalue weighted by Crippen LogP contribution is -2.53. The Morgan fingerprint density at radius 3 is 1.43 bits per heavy atom. The van der Waals surface area contributed by atoms with Gasteiger partial charge in [0.2, 0.25) is 17.7 Å². The van der Waals surface area contributed by atoms with Gasteiger partial charge in [-0.15, -0.1) is 11.8 Å². The van der Waals surface area contributed by atoms with E-state index in [0.29, 0.717) is 23.7 Å². The second-order valence-electron chi connectivity index (χ2n) is 16.1. The number of carbonyl (C=O) groups excluding carboxylic acids is 5. The number of amides is 5. The first kappa shape index (κ1) is 49.6.